The number of rotatable bonds is 7. The highest BCUT2D eigenvalue weighted by Gasteiger charge is 2.35. The molecule has 1 saturated carbocycles. The first kappa shape index (κ1) is 23.0. The van der Waals surface area contributed by atoms with E-state index < -0.39 is 0 Å². The molecule has 4 aliphatic rings. The zero-order chi connectivity index (χ0) is 22.8. The number of nitrogens with zero attached hydrogens (tertiary/aromatic N) is 3. The Labute approximate surface area is 200 Å². The van der Waals surface area contributed by atoms with Gasteiger partial charge in [0.15, 0.2) is 0 Å². The molecule has 3 fully saturated rings. The number of urea groups is 1. The maximum absolute atomic E-state index is 12.8. The summed E-state index contributed by atoms with van der Waals surface area (Å²) in [6.45, 7) is 10.7. The van der Waals surface area contributed by atoms with Crippen LogP contribution < -0.4 is 4.74 Å². The molecule has 0 spiro atoms. The number of hydrogen-bond donors (Lipinski definition) is 0. The van der Waals surface area contributed by atoms with E-state index in [4.69, 9.17) is 4.74 Å². The average molecular weight is 454 g/mol. The molecular weight excluding hydrogens is 410 g/mol. The predicted molar refractivity (Wildman–Crippen MR) is 133 cm³/mol. The molecule has 2 amide bonds. The maximum atomic E-state index is 12.8. The fourth-order valence-corrected chi connectivity index (χ4v) is 6.61. The monoisotopic (exact) mass is 453 g/mol. The van der Waals surface area contributed by atoms with Gasteiger partial charge in [0.2, 0.25) is 0 Å². The first-order chi connectivity index (χ1) is 16.0. The van der Waals surface area contributed by atoms with Gasteiger partial charge in [0.05, 0.1) is 0 Å². The molecule has 182 valence electrons. The fraction of sp³-hybridized carbons (Fsp3) is 0.750. The highest BCUT2D eigenvalue weighted by atomic mass is 16.5. The lowest BCUT2D eigenvalue weighted by Gasteiger charge is -2.33. The standard InChI is InChI=1S/C28H43N3O2/c1-28(2)21-23-9-8-12-25(26(23)33-28)22-13-17-29(18-14-22)15-6-7-16-30-19-20-31(27(30)32)24-10-4-3-5-11-24/h8-9,12,22,24H,3-7,10-11,13-21H2,1-2H3. The molecule has 3 aliphatic heterocycles. The van der Waals surface area contributed by atoms with Gasteiger partial charge in [-0.05, 0) is 89.1 Å². The summed E-state index contributed by atoms with van der Waals surface area (Å²) < 4.78 is 6.34. The summed E-state index contributed by atoms with van der Waals surface area (Å²) in [5, 5.41) is 0. The van der Waals surface area contributed by atoms with Crippen LogP contribution in [-0.2, 0) is 6.42 Å². The molecule has 0 N–H and O–H groups in total. The van der Waals surface area contributed by atoms with Crippen LogP contribution in [0.25, 0.3) is 0 Å². The number of para-hydroxylation sites is 1. The highest BCUT2D eigenvalue weighted by molar-refractivity contribution is 5.76. The van der Waals surface area contributed by atoms with Crippen molar-refractivity contribution in [3.8, 4) is 5.75 Å². The predicted octanol–water partition coefficient (Wildman–Crippen LogP) is 5.43. The van der Waals surface area contributed by atoms with Gasteiger partial charge in [-0.1, -0.05) is 37.5 Å². The number of benzene rings is 1. The van der Waals surface area contributed by atoms with E-state index in [1.54, 1.807) is 0 Å². The molecule has 0 radical (unpaired) electrons. The van der Waals surface area contributed by atoms with Gasteiger partial charge >= 0.3 is 6.03 Å². The minimum Gasteiger partial charge on any atom is -0.487 e. The molecule has 1 aliphatic carbocycles. The zero-order valence-corrected chi connectivity index (χ0v) is 20.9. The van der Waals surface area contributed by atoms with Crippen molar-refractivity contribution in [1.29, 1.82) is 0 Å². The number of carbonyl (C=O) groups is 1. The zero-order valence-electron chi connectivity index (χ0n) is 20.9. The van der Waals surface area contributed by atoms with Crippen molar-refractivity contribution in [2.45, 2.75) is 95.6 Å². The van der Waals surface area contributed by atoms with Gasteiger partial charge < -0.3 is 19.4 Å². The van der Waals surface area contributed by atoms with Crippen LogP contribution in [0.2, 0.25) is 0 Å². The van der Waals surface area contributed by atoms with Crippen LogP contribution in [0.15, 0.2) is 18.2 Å². The van der Waals surface area contributed by atoms with Crippen molar-refractivity contribution in [3.05, 3.63) is 29.3 Å². The van der Waals surface area contributed by atoms with E-state index in [0.29, 0.717) is 18.0 Å². The minimum absolute atomic E-state index is 0.0662. The molecule has 2 saturated heterocycles. The Morgan fingerprint density at radius 3 is 2.48 bits per heavy atom. The van der Waals surface area contributed by atoms with E-state index in [1.165, 1.54) is 81.3 Å². The van der Waals surface area contributed by atoms with E-state index in [0.717, 1.165) is 39.0 Å². The van der Waals surface area contributed by atoms with Crippen molar-refractivity contribution in [2.24, 2.45) is 0 Å². The quantitative estimate of drug-likeness (QED) is 0.517. The van der Waals surface area contributed by atoms with Crippen LogP contribution in [0.5, 0.6) is 5.75 Å². The number of unbranched alkanes of at least 4 members (excludes halogenated alkanes) is 1. The molecule has 33 heavy (non-hydrogen) atoms. The van der Waals surface area contributed by atoms with Gasteiger partial charge in [0, 0.05) is 32.1 Å². The van der Waals surface area contributed by atoms with E-state index in [2.05, 4.69) is 46.7 Å². The summed E-state index contributed by atoms with van der Waals surface area (Å²) in [5.41, 5.74) is 2.76. The van der Waals surface area contributed by atoms with Crippen LogP contribution in [0.3, 0.4) is 0 Å². The number of hydrogen-bond acceptors (Lipinski definition) is 3. The number of carbonyl (C=O) groups excluding carboxylic acids is 1. The smallest absolute Gasteiger partial charge is 0.320 e. The highest BCUT2D eigenvalue weighted by Crippen LogP contribution is 2.43. The molecule has 0 atom stereocenters. The molecular formula is C28H43N3O2. The van der Waals surface area contributed by atoms with E-state index in [1.807, 2.05) is 0 Å². The van der Waals surface area contributed by atoms with Crippen molar-refractivity contribution >= 4 is 6.03 Å². The second-order valence-corrected chi connectivity index (χ2v) is 11.5. The molecule has 1 aromatic rings. The third-order valence-electron chi connectivity index (χ3n) is 8.44. The lowest BCUT2D eigenvalue weighted by Crippen LogP contribution is -2.40. The summed E-state index contributed by atoms with van der Waals surface area (Å²) in [4.78, 5) is 19.7. The van der Waals surface area contributed by atoms with Gasteiger partial charge in [0.25, 0.3) is 0 Å². The van der Waals surface area contributed by atoms with Crippen LogP contribution >= 0.6 is 0 Å². The van der Waals surface area contributed by atoms with Gasteiger partial charge in [-0.25, -0.2) is 4.79 Å². The Kier molecular flexibility index (Phi) is 6.87. The lowest BCUT2D eigenvalue weighted by molar-refractivity contribution is 0.135. The van der Waals surface area contributed by atoms with Crippen molar-refractivity contribution < 1.29 is 9.53 Å². The number of fused-ring (bicyclic) bond motifs is 1. The SMILES string of the molecule is CC1(C)Cc2cccc(C3CCN(CCCCN4CCN(C5CCCCC5)C4=O)CC3)c2O1. The number of piperidine rings is 1. The summed E-state index contributed by atoms with van der Waals surface area (Å²) in [6, 6.07) is 7.58. The van der Waals surface area contributed by atoms with Gasteiger partial charge in [-0.15, -0.1) is 0 Å². The number of likely N-dealkylation sites (tertiary alicyclic amines) is 1. The molecule has 5 rings (SSSR count). The lowest BCUT2D eigenvalue weighted by atomic mass is 9.87. The summed E-state index contributed by atoms with van der Waals surface area (Å²) >= 11 is 0. The molecule has 5 heteroatoms. The van der Waals surface area contributed by atoms with E-state index in [-0.39, 0.29) is 5.60 Å². The first-order valence-electron chi connectivity index (χ1n) is 13.6. The Morgan fingerprint density at radius 2 is 1.70 bits per heavy atom. The van der Waals surface area contributed by atoms with Crippen molar-refractivity contribution in [1.82, 2.24) is 14.7 Å². The van der Waals surface area contributed by atoms with Crippen molar-refractivity contribution in [3.63, 3.8) is 0 Å². The molecule has 3 heterocycles. The Morgan fingerprint density at radius 1 is 0.939 bits per heavy atom. The average Bonchev–Trinajstić information content (AvgIpc) is 3.35. The van der Waals surface area contributed by atoms with Crippen LogP contribution in [0.4, 0.5) is 4.79 Å². The Balaban J connectivity index is 1.03. The third kappa shape index (κ3) is 5.18. The summed E-state index contributed by atoms with van der Waals surface area (Å²) in [5.74, 6) is 1.80. The molecule has 0 aromatic heterocycles. The van der Waals surface area contributed by atoms with Crippen LogP contribution in [0, 0.1) is 0 Å². The Bertz CT molecular complexity index is 824. The topological polar surface area (TPSA) is 36.0 Å². The summed E-state index contributed by atoms with van der Waals surface area (Å²) in [7, 11) is 0. The van der Waals surface area contributed by atoms with Crippen LogP contribution in [-0.4, -0.2) is 71.6 Å². The van der Waals surface area contributed by atoms with E-state index in [9.17, 15) is 4.79 Å². The minimum atomic E-state index is -0.0662. The molecule has 1 aromatic carbocycles. The largest absolute Gasteiger partial charge is 0.487 e. The second-order valence-electron chi connectivity index (χ2n) is 11.5. The fourth-order valence-electron chi connectivity index (χ4n) is 6.61. The van der Waals surface area contributed by atoms with E-state index >= 15 is 0 Å². The molecule has 0 unspecified atom stereocenters. The van der Waals surface area contributed by atoms with Crippen molar-refractivity contribution in [2.75, 3.05) is 39.3 Å². The normalized spacial score (nSPS) is 24.4. The van der Waals surface area contributed by atoms with Gasteiger partial charge in [0.1, 0.15) is 11.4 Å². The third-order valence-corrected chi connectivity index (χ3v) is 8.44. The molecule has 5 nitrogen and oxygen atoms in total. The number of ether oxygens (including phenoxy) is 1. The molecule has 0 bridgehead atoms. The summed E-state index contributed by atoms with van der Waals surface area (Å²) in [6.07, 6.45) is 12.1. The first-order valence-corrected chi connectivity index (χ1v) is 13.6. The number of amides is 2. The Hall–Kier alpha value is -1.75. The van der Waals surface area contributed by atoms with Gasteiger partial charge in [-0.3, -0.25) is 0 Å². The van der Waals surface area contributed by atoms with Gasteiger partial charge in [-0.2, -0.15) is 0 Å². The maximum Gasteiger partial charge on any atom is 0.320 e. The van der Waals surface area contributed by atoms with Crippen LogP contribution in [0.1, 0.15) is 88.7 Å². The second kappa shape index (κ2) is 9.85.